The Labute approximate surface area is 154 Å². The van der Waals surface area contributed by atoms with Crippen LogP contribution in [-0.2, 0) is 14.4 Å². The normalized spacial score (nSPS) is 22.6. The van der Waals surface area contributed by atoms with Crippen LogP contribution in [0.4, 0.5) is 0 Å². The number of terminal acetylenes is 1. The maximum atomic E-state index is 12.4. The molecule has 0 aromatic rings. The molecule has 2 aliphatic heterocycles. The number of amides is 2. The van der Waals surface area contributed by atoms with Gasteiger partial charge < -0.3 is 20.6 Å². The molecule has 0 aromatic heterocycles. The second kappa shape index (κ2) is 9.97. The number of nitrogens with one attached hydrogen (secondary N) is 2. The molecule has 7 heteroatoms. The van der Waals surface area contributed by atoms with Gasteiger partial charge in [0.25, 0.3) is 0 Å². The molecule has 0 spiro atoms. The van der Waals surface area contributed by atoms with E-state index in [0.717, 1.165) is 32.4 Å². The lowest BCUT2D eigenvalue weighted by Gasteiger charge is -2.32. The van der Waals surface area contributed by atoms with Crippen molar-refractivity contribution in [1.82, 2.24) is 15.5 Å². The molecule has 2 heterocycles. The summed E-state index contributed by atoms with van der Waals surface area (Å²) in [6.45, 7) is 2.92. The van der Waals surface area contributed by atoms with E-state index >= 15 is 0 Å². The second-order valence-corrected chi connectivity index (χ2v) is 6.90. The smallest absolute Gasteiger partial charge is 0.306 e. The summed E-state index contributed by atoms with van der Waals surface area (Å²) in [7, 11) is 0. The van der Waals surface area contributed by atoms with Crippen molar-refractivity contribution >= 4 is 17.8 Å². The topological polar surface area (TPSA) is 98.7 Å². The minimum atomic E-state index is -1.06. The van der Waals surface area contributed by atoms with E-state index in [1.807, 2.05) is 6.08 Å². The van der Waals surface area contributed by atoms with Gasteiger partial charge in [-0.3, -0.25) is 14.4 Å². The van der Waals surface area contributed by atoms with E-state index in [-0.39, 0.29) is 24.2 Å². The molecule has 0 bridgehead atoms. The van der Waals surface area contributed by atoms with Gasteiger partial charge in [-0.05, 0) is 50.8 Å². The first kappa shape index (κ1) is 20.0. The lowest BCUT2D eigenvalue weighted by molar-refractivity contribution is -0.137. The number of aliphatic carboxylic acids is 1. The zero-order chi connectivity index (χ0) is 18.9. The second-order valence-electron chi connectivity index (χ2n) is 6.90. The van der Waals surface area contributed by atoms with Crippen molar-refractivity contribution in [2.45, 2.75) is 38.1 Å². The van der Waals surface area contributed by atoms with E-state index in [1.54, 1.807) is 11.0 Å². The van der Waals surface area contributed by atoms with Gasteiger partial charge in [0.15, 0.2) is 0 Å². The number of hydrogen-bond donors (Lipinski definition) is 3. The molecule has 0 aromatic carbocycles. The van der Waals surface area contributed by atoms with Gasteiger partial charge >= 0.3 is 5.97 Å². The molecule has 26 heavy (non-hydrogen) atoms. The summed E-state index contributed by atoms with van der Waals surface area (Å²) in [5, 5.41) is 14.7. The molecule has 0 unspecified atom stereocenters. The van der Waals surface area contributed by atoms with Crippen LogP contribution in [0.5, 0.6) is 0 Å². The van der Waals surface area contributed by atoms with Crippen LogP contribution in [0, 0.1) is 24.2 Å². The molecule has 2 fully saturated rings. The van der Waals surface area contributed by atoms with E-state index in [0.29, 0.717) is 25.4 Å². The fourth-order valence-corrected chi connectivity index (χ4v) is 3.37. The lowest BCUT2D eigenvalue weighted by Crippen LogP contribution is -2.47. The number of hydrogen-bond acceptors (Lipinski definition) is 4. The maximum absolute atomic E-state index is 12.4. The third kappa shape index (κ3) is 6.19. The summed E-state index contributed by atoms with van der Waals surface area (Å²) >= 11 is 0. The van der Waals surface area contributed by atoms with Gasteiger partial charge in [-0.25, -0.2) is 0 Å². The van der Waals surface area contributed by atoms with Crippen molar-refractivity contribution in [2.75, 3.05) is 26.2 Å². The number of carboxylic acid groups (broad SMARTS) is 1. The molecule has 0 aliphatic carbocycles. The van der Waals surface area contributed by atoms with Gasteiger partial charge in [-0.2, -0.15) is 0 Å². The van der Waals surface area contributed by atoms with E-state index < -0.39 is 12.0 Å². The van der Waals surface area contributed by atoms with Gasteiger partial charge in [-0.1, -0.05) is 12.0 Å². The van der Waals surface area contributed by atoms with Crippen LogP contribution in [0.25, 0.3) is 0 Å². The summed E-state index contributed by atoms with van der Waals surface area (Å²) < 4.78 is 0. The van der Waals surface area contributed by atoms with Gasteiger partial charge in [0.1, 0.15) is 6.04 Å². The Morgan fingerprint density at radius 2 is 2.04 bits per heavy atom. The largest absolute Gasteiger partial charge is 0.481 e. The monoisotopic (exact) mass is 361 g/mol. The minimum Gasteiger partial charge on any atom is -0.481 e. The highest BCUT2D eigenvalue weighted by Gasteiger charge is 2.29. The molecule has 2 saturated heterocycles. The predicted octanol–water partition coefficient (Wildman–Crippen LogP) is 0.374. The van der Waals surface area contributed by atoms with Crippen LogP contribution >= 0.6 is 0 Å². The number of likely N-dealkylation sites (tertiary alicyclic amines) is 1. The molecule has 2 aliphatic rings. The van der Waals surface area contributed by atoms with Gasteiger partial charge in [0, 0.05) is 13.1 Å². The molecule has 2 rings (SSSR count). The van der Waals surface area contributed by atoms with Crippen LogP contribution in [0.2, 0.25) is 0 Å². The summed E-state index contributed by atoms with van der Waals surface area (Å²) in [6.07, 6.45) is 12.1. The lowest BCUT2D eigenvalue weighted by atomic mass is 9.95. The van der Waals surface area contributed by atoms with Crippen molar-refractivity contribution in [1.29, 1.82) is 0 Å². The molecule has 142 valence electrons. The highest BCUT2D eigenvalue weighted by atomic mass is 16.4. The van der Waals surface area contributed by atoms with E-state index in [2.05, 4.69) is 16.6 Å². The first-order valence-corrected chi connectivity index (χ1v) is 9.15. The van der Waals surface area contributed by atoms with Crippen molar-refractivity contribution in [3.8, 4) is 12.3 Å². The number of piperidine rings is 2. The standard InChI is InChI=1S/C19H27N3O4/c1-2-16(12-18(24)25)21-19(26)15-4-3-11-22(13-15)17(23)6-5-14-7-9-20-10-8-14/h1,5-6,14-16,20H,3-4,7-13H2,(H,21,26)(H,24,25)/b6-5+/t15-,16-/m1/s1. The molecule has 7 nitrogen and oxygen atoms in total. The summed E-state index contributed by atoms with van der Waals surface area (Å²) in [4.78, 5) is 37.2. The maximum Gasteiger partial charge on any atom is 0.306 e. The molecule has 2 atom stereocenters. The summed E-state index contributed by atoms with van der Waals surface area (Å²) in [5.41, 5.74) is 0. The molecule has 0 radical (unpaired) electrons. The van der Waals surface area contributed by atoms with Gasteiger partial charge in [0.2, 0.25) is 11.8 Å². The van der Waals surface area contributed by atoms with Crippen molar-refractivity contribution in [2.24, 2.45) is 11.8 Å². The van der Waals surface area contributed by atoms with Crippen LogP contribution < -0.4 is 10.6 Å². The third-order valence-corrected chi connectivity index (χ3v) is 4.90. The molecule has 2 amide bonds. The highest BCUT2D eigenvalue weighted by molar-refractivity contribution is 5.88. The Balaban J connectivity index is 1.86. The summed E-state index contributed by atoms with van der Waals surface area (Å²) in [6, 6.07) is -0.828. The van der Waals surface area contributed by atoms with Crippen molar-refractivity contribution < 1.29 is 19.5 Å². The number of allylic oxidation sites excluding steroid dienone is 1. The SMILES string of the molecule is C#C[C@H](CC(=O)O)NC(=O)[C@@H]1CCCN(C(=O)/C=C/C2CCNCC2)C1. The average molecular weight is 361 g/mol. The Morgan fingerprint density at radius 3 is 2.69 bits per heavy atom. The Kier molecular flexibility index (Phi) is 7.67. The Bertz CT molecular complexity index is 590. The zero-order valence-corrected chi connectivity index (χ0v) is 14.9. The van der Waals surface area contributed by atoms with Gasteiger partial charge in [0.05, 0.1) is 12.3 Å². The number of rotatable bonds is 6. The Hall–Kier alpha value is -2.33. The average Bonchev–Trinajstić information content (AvgIpc) is 2.66. The van der Waals surface area contributed by atoms with Crippen LogP contribution in [0.1, 0.15) is 32.1 Å². The molecular formula is C19H27N3O4. The van der Waals surface area contributed by atoms with E-state index in [1.165, 1.54) is 0 Å². The first-order chi connectivity index (χ1) is 12.5. The summed E-state index contributed by atoms with van der Waals surface area (Å²) in [5.74, 6) is 0.944. The third-order valence-electron chi connectivity index (χ3n) is 4.90. The van der Waals surface area contributed by atoms with E-state index in [9.17, 15) is 14.4 Å². The van der Waals surface area contributed by atoms with Crippen molar-refractivity contribution in [3.63, 3.8) is 0 Å². The fourth-order valence-electron chi connectivity index (χ4n) is 3.37. The molecule has 0 saturated carbocycles. The van der Waals surface area contributed by atoms with Crippen LogP contribution in [-0.4, -0.2) is 60.0 Å². The fraction of sp³-hybridized carbons (Fsp3) is 0.632. The number of carbonyl (C=O) groups is 3. The highest BCUT2D eigenvalue weighted by Crippen LogP contribution is 2.18. The Morgan fingerprint density at radius 1 is 1.31 bits per heavy atom. The minimum absolute atomic E-state index is 0.0694. The molecular weight excluding hydrogens is 334 g/mol. The first-order valence-electron chi connectivity index (χ1n) is 9.15. The molecule has 3 N–H and O–H groups in total. The van der Waals surface area contributed by atoms with Crippen molar-refractivity contribution in [3.05, 3.63) is 12.2 Å². The van der Waals surface area contributed by atoms with Gasteiger partial charge in [-0.15, -0.1) is 6.42 Å². The van der Waals surface area contributed by atoms with Crippen LogP contribution in [0.15, 0.2) is 12.2 Å². The predicted molar refractivity (Wildman–Crippen MR) is 97.1 cm³/mol. The van der Waals surface area contributed by atoms with Crippen LogP contribution in [0.3, 0.4) is 0 Å². The zero-order valence-electron chi connectivity index (χ0n) is 14.9. The number of carbonyl (C=O) groups excluding carboxylic acids is 2. The quantitative estimate of drug-likeness (QED) is 0.469. The number of carboxylic acids is 1. The number of nitrogens with zero attached hydrogens (tertiary/aromatic N) is 1. The van der Waals surface area contributed by atoms with E-state index in [4.69, 9.17) is 11.5 Å².